The number of carbonyl (C=O) groups excluding carboxylic acids is 1. The first kappa shape index (κ1) is 17.4. The molecular formula is C18H19N5O3. The van der Waals surface area contributed by atoms with Gasteiger partial charge in [-0.05, 0) is 37.1 Å². The van der Waals surface area contributed by atoms with Gasteiger partial charge >= 0.3 is 0 Å². The lowest BCUT2D eigenvalue weighted by molar-refractivity contribution is 0.102. The van der Waals surface area contributed by atoms with Crippen LogP contribution in [0.4, 0.5) is 11.6 Å². The predicted molar refractivity (Wildman–Crippen MR) is 96.4 cm³/mol. The zero-order valence-electron chi connectivity index (χ0n) is 14.5. The van der Waals surface area contributed by atoms with Gasteiger partial charge in [0.2, 0.25) is 0 Å². The summed E-state index contributed by atoms with van der Waals surface area (Å²) in [6.45, 7) is 2.41. The fraction of sp³-hybridized carbons (Fsp3) is 0.222. The fourth-order valence-corrected chi connectivity index (χ4v) is 2.39. The normalized spacial score (nSPS) is 10.4. The smallest absolute Gasteiger partial charge is 0.277 e. The SMILES string of the molecule is COc1ccccc1CCNc1ccc(C(=O)Nc2cc(C)on2)nn1. The molecule has 1 amide bonds. The molecule has 0 bridgehead atoms. The van der Waals surface area contributed by atoms with Crippen molar-refractivity contribution in [3.63, 3.8) is 0 Å². The first-order valence-electron chi connectivity index (χ1n) is 8.10. The quantitative estimate of drug-likeness (QED) is 0.673. The lowest BCUT2D eigenvalue weighted by Gasteiger charge is -2.09. The number of hydrogen-bond acceptors (Lipinski definition) is 7. The van der Waals surface area contributed by atoms with Crippen LogP contribution in [0.3, 0.4) is 0 Å². The van der Waals surface area contributed by atoms with Gasteiger partial charge in [0.05, 0.1) is 7.11 Å². The number of benzene rings is 1. The number of aromatic nitrogens is 3. The molecule has 1 aromatic carbocycles. The van der Waals surface area contributed by atoms with Crippen LogP contribution in [0.25, 0.3) is 0 Å². The highest BCUT2D eigenvalue weighted by Gasteiger charge is 2.11. The molecule has 0 unspecified atom stereocenters. The van der Waals surface area contributed by atoms with Gasteiger partial charge < -0.3 is 19.9 Å². The van der Waals surface area contributed by atoms with Crippen LogP contribution in [0.1, 0.15) is 21.8 Å². The first-order valence-corrected chi connectivity index (χ1v) is 8.10. The summed E-state index contributed by atoms with van der Waals surface area (Å²) in [5.74, 6) is 2.00. The molecule has 134 valence electrons. The van der Waals surface area contributed by atoms with Crippen molar-refractivity contribution in [1.82, 2.24) is 15.4 Å². The maximum Gasteiger partial charge on any atom is 0.277 e. The zero-order chi connectivity index (χ0) is 18.4. The maximum atomic E-state index is 12.1. The lowest BCUT2D eigenvalue weighted by Crippen LogP contribution is -2.15. The molecule has 8 nitrogen and oxygen atoms in total. The van der Waals surface area contributed by atoms with Gasteiger partial charge in [-0.2, -0.15) is 0 Å². The summed E-state index contributed by atoms with van der Waals surface area (Å²) in [4.78, 5) is 12.1. The monoisotopic (exact) mass is 353 g/mol. The average molecular weight is 353 g/mol. The average Bonchev–Trinajstić information content (AvgIpc) is 3.07. The van der Waals surface area contributed by atoms with E-state index in [2.05, 4.69) is 26.0 Å². The third-order valence-corrected chi connectivity index (χ3v) is 3.66. The Labute approximate surface area is 150 Å². The molecule has 3 aromatic rings. The van der Waals surface area contributed by atoms with Crippen molar-refractivity contribution in [1.29, 1.82) is 0 Å². The van der Waals surface area contributed by atoms with Crippen molar-refractivity contribution >= 4 is 17.5 Å². The van der Waals surface area contributed by atoms with E-state index < -0.39 is 5.91 Å². The molecule has 2 aromatic heterocycles. The van der Waals surface area contributed by atoms with Crippen molar-refractivity contribution in [3.05, 3.63) is 59.5 Å². The lowest BCUT2D eigenvalue weighted by atomic mass is 10.1. The van der Waals surface area contributed by atoms with Gasteiger partial charge in [0.15, 0.2) is 11.5 Å². The molecular weight excluding hydrogens is 334 g/mol. The van der Waals surface area contributed by atoms with Crippen LogP contribution in [-0.4, -0.2) is 34.9 Å². The Bertz CT molecular complexity index is 877. The summed E-state index contributed by atoms with van der Waals surface area (Å²) in [5.41, 5.74) is 1.30. The van der Waals surface area contributed by atoms with Crippen LogP contribution < -0.4 is 15.4 Å². The van der Waals surface area contributed by atoms with Gasteiger partial charge in [-0.1, -0.05) is 23.4 Å². The van der Waals surface area contributed by atoms with Gasteiger partial charge in [0.25, 0.3) is 5.91 Å². The number of para-hydroxylation sites is 1. The topological polar surface area (TPSA) is 102 Å². The maximum absolute atomic E-state index is 12.1. The van der Waals surface area contributed by atoms with Gasteiger partial charge in [-0.25, -0.2) is 0 Å². The van der Waals surface area contributed by atoms with Crippen molar-refractivity contribution in [2.45, 2.75) is 13.3 Å². The van der Waals surface area contributed by atoms with E-state index in [0.29, 0.717) is 23.9 Å². The van der Waals surface area contributed by atoms with Crippen LogP contribution in [-0.2, 0) is 6.42 Å². The number of ether oxygens (including phenoxy) is 1. The molecule has 0 spiro atoms. The number of amides is 1. The Kier molecular flexibility index (Phi) is 5.43. The molecule has 0 atom stereocenters. The molecule has 8 heteroatoms. The van der Waals surface area contributed by atoms with Crippen molar-refractivity contribution in [2.24, 2.45) is 0 Å². The zero-order valence-corrected chi connectivity index (χ0v) is 14.5. The second-order valence-corrected chi connectivity index (χ2v) is 5.57. The highest BCUT2D eigenvalue weighted by molar-refractivity contribution is 6.02. The second kappa shape index (κ2) is 8.11. The van der Waals surface area contributed by atoms with E-state index in [-0.39, 0.29) is 5.69 Å². The Balaban J connectivity index is 1.53. The Morgan fingerprint density at radius 3 is 2.69 bits per heavy atom. The molecule has 0 aliphatic rings. The number of rotatable bonds is 7. The van der Waals surface area contributed by atoms with Gasteiger partial charge in [-0.3, -0.25) is 4.79 Å². The number of nitrogens with zero attached hydrogens (tertiary/aromatic N) is 3. The number of nitrogens with one attached hydrogen (secondary N) is 2. The molecule has 2 heterocycles. The van der Waals surface area contributed by atoms with Gasteiger partial charge in [-0.15, -0.1) is 10.2 Å². The minimum Gasteiger partial charge on any atom is -0.496 e. The second-order valence-electron chi connectivity index (χ2n) is 5.57. The van der Waals surface area contributed by atoms with Crippen molar-refractivity contribution < 1.29 is 14.1 Å². The molecule has 2 N–H and O–H groups in total. The van der Waals surface area contributed by atoms with E-state index in [9.17, 15) is 4.79 Å². The Morgan fingerprint density at radius 1 is 1.15 bits per heavy atom. The molecule has 0 aliphatic carbocycles. The number of hydrogen-bond donors (Lipinski definition) is 2. The summed E-state index contributed by atoms with van der Waals surface area (Å²) in [5, 5.41) is 17.4. The summed E-state index contributed by atoms with van der Waals surface area (Å²) in [7, 11) is 1.65. The fourth-order valence-electron chi connectivity index (χ4n) is 2.39. The van der Waals surface area contributed by atoms with Crippen LogP contribution in [0.15, 0.2) is 47.0 Å². The third kappa shape index (κ3) is 4.35. The highest BCUT2D eigenvalue weighted by atomic mass is 16.5. The molecule has 0 aliphatic heterocycles. The number of anilines is 2. The van der Waals surface area contributed by atoms with Crippen LogP contribution in [0, 0.1) is 6.92 Å². The summed E-state index contributed by atoms with van der Waals surface area (Å²) >= 11 is 0. The molecule has 26 heavy (non-hydrogen) atoms. The van der Waals surface area contributed by atoms with Crippen molar-refractivity contribution in [3.8, 4) is 5.75 Å². The van der Waals surface area contributed by atoms with E-state index >= 15 is 0 Å². The number of carbonyl (C=O) groups is 1. The Hall–Kier alpha value is -3.42. The van der Waals surface area contributed by atoms with E-state index in [1.807, 2.05) is 24.3 Å². The molecule has 3 rings (SSSR count). The highest BCUT2D eigenvalue weighted by Crippen LogP contribution is 2.17. The van der Waals surface area contributed by atoms with Crippen molar-refractivity contribution in [2.75, 3.05) is 24.3 Å². The minimum atomic E-state index is -0.397. The Morgan fingerprint density at radius 2 is 2.00 bits per heavy atom. The van der Waals surface area contributed by atoms with Gasteiger partial charge in [0, 0.05) is 12.6 Å². The largest absolute Gasteiger partial charge is 0.496 e. The van der Waals surface area contributed by atoms with Crippen LogP contribution >= 0.6 is 0 Å². The molecule has 0 radical (unpaired) electrons. The van der Waals surface area contributed by atoms with Gasteiger partial charge in [0.1, 0.15) is 17.3 Å². The molecule has 0 saturated carbocycles. The third-order valence-electron chi connectivity index (χ3n) is 3.66. The summed E-state index contributed by atoms with van der Waals surface area (Å²) in [6.07, 6.45) is 0.777. The van der Waals surface area contributed by atoms with E-state index in [1.165, 1.54) is 0 Å². The number of methoxy groups -OCH3 is 1. The van der Waals surface area contributed by atoms with E-state index in [0.717, 1.165) is 17.7 Å². The predicted octanol–water partition coefficient (Wildman–Crippen LogP) is 2.69. The van der Waals surface area contributed by atoms with Crippen LogP contribution in [0.5, 0.6) is 5.75 Å². The summed E-state index contributed by atoms with van der Waals surface area (Å²) < 4.78 is 10.2. The summed E-state index contributed by atoms with van der Waals surface area (Å²) in [6, 6.07) is 12.8. The number of aryl methyl sites for hydroxylation is 1. The standard InChI is InChI=1S/C18H19N5O3/c1-12-11-17(23-26-12)20-18(24)14-7-8-16(22-21-14)19-10-9-13-5-3-4-6-15(13)25-2/h3-8,11H,9-10H2,1-2H3,(H,19,22)(H,20,23,24). The molecule has 0 fully saturated rings. The first-order chi connectivity index (χ1) is 12.7. The molecule has 0 saturated heterocycles. The van der Waals surface area contributed by atoms with Crippen LogP contribution in [0.2, 0.25) is 0 Å². The minimum absolute atomic E-state index is 0.195. The van der Waals surface area contributed by atoms with E-state index in [4.69, 9.17) is 9.26 Å². The van der Waals surface area contributed by atoms with E-state index in [1.54, 1.807) is 32.2 Å².